The maximum atomic E-state index is 13.0. The Morgan fingerprint density at radius 2 is 1.85 bits per heavy atom. The standard InChI is InChI=1S/C22H26N2O3/c1-4-27-21(25)12-10-19-9-11-20(24(19)14-13-16(2)3)22(26)18-7-5-17(15-23)6-8-18/h5-9,11,16H,4,10,12-14H2,1-3H3. The predicted octanol–water partition coefficient (Wildman–Crippen LogP) is 4.13. The number of carbonyl (C=O) groups is 2. The molecule has 2 aromatic rings. The second kappa shape index (κ2) is 9.72. The summed E-state index contributed by atoms with van der Waals surface area (Å²) in [4.78, 5) is 24.7. The van der Waals surface area contributed by atoms with Gasteiger partial charge >= 0.3 is 5.97 Å². The van der Waals surface area contributed by atoms with Crippen LogP contribution in [0.3, 0.4) is 0 Å². The number of nitrogens with zero attached hydrogens (tertiary/aromatic N) is 2. The molecule has 0 aliphatic rings. The molecule has 1 aromatic carbocycles. The van der Waals surface area contributed by atoms with Gasteiger partial charge in [-0.2, -0.15) is 5.26 Å². The summed E-state index contributed by atoms with van der Waals surface area (Å²) in [5.74, 6) is 0.197. The molecule has 27 heavy (non-hydrogen) atoms. The fourth-order valence-electron chi connectivity index (χ4n) is 2.89. The highest BCUT2D eigenvalue weighted by Gasteiger charge is 2.18. The summed E-state index contributed by atoms with van der Waals surface area (Å²) < 4.78 is 7.02. The number of hydrogen-bond donors (Lipinski definition) is 0. The molecule has 0 amide bonds. The van der Waals surface area contributed by atoms with E-state index in [-0.39, 0.29) is 11.8 Å². The van der Waals surface area contributed by atoms with E-state index in [4.69, 9.17) is 10.00 Å². The first-order chi connectivity index (χ1) is 13.0. The van der Waals surface area contributed by atoms with Gasteiger partial charge in [0.2, 0.25) is 5.78 Å². The average molecular weight is 366 g/mol. The van der Waals surface area contributed by atoms with Crippen molar-refractivity contribution in [3.8, 4) is 6.07 Å². The number of benzene rings is 1. The fraction of sp³-hybridized carbons (Fsp3) is 0.409. The number of ketones is 1. The normalized spacial score (nSPS) is 10.6. The van der Waals surface area contributed by atoms with Crippen molar-refractivity contribution in [1.29, 1.82) is 5.26 Å². The second-order valence-electron chi connectivity index (χ2n) is 6.87. The van der Waals surface area contributed by atoms with Gasteiger partial charge in [0.1, 0.15) is 0 Å². The Morgan fingerprint density at radius 1 is 1.15 bits per heavy atom. The van der Waals surface area contributed by atoms with Crippen LogP contribution >= 0.6 is 0 Å². The highest BCUT2D eigenvalue weighted by Crippen LogP contribution is 2.18. The Morgan fingerprint density at radius 3 is 2.44 bits per heavy atom. The first-order valence-corrected chi connectivity index (χ1v) is 9.35. The van der Waals surface area contributed by atoms with Crippen LogP contribution in [0, 0.1) is 17.2 Å². The van der Waals surface area contributed by atoms with Crippen molar-refractivity contribution in [3.63, 3.8) is 0 Å². The number of aryl methyl sites for hydroxylation is 1. The number of rotatable bonds is 9. The maximum Gasteiger partial charge on any atom is 0.306 e. The molecule has 0 radical (unpaired) electrons. The van der Waals surface area contributed by atoms with Crippen molar-refractivity contribution in [3.05, 3.63) is 58.9 Å². The number of ether oxygens (including phenoxy) is 1. The number of aromatic nitrogens is 1. The zero-order chi connectivity index (χ0) is 19.8. The summed E-state index contributed by atoms with van der Waals surface area (Å²) in [6, 6.07) is 12.4. The Kier molecular flexibility index (Phi) is 7.36. The van der Waals surface area contributed by atoms with E-state index in [2.05, 4.69) is 19.9 Å². The quantitative estimate of drug-likeness (QED) is 0.494. The number of esters is 1. The molecule has 0 saturated heterocycles. The molecule has 1 aromatic heterocycles. The molecule has 142 valence electrons. The lowest BCUT2D eigenvalue weighted by Crippen LogP contribution is -2.15. The number of hydrogen-bond acceptors (Lipinski definition) is 4. The summed E-state index contributed by atoms with van der Waals surface area (Å²) >= 11 is 0. The van der Waals surface area contributed by atoms with Crippen molar-refractivity contribution >= 4 is 11.8 Å². The molecule has 0 aliphatic heterocycles. The Labute approximate surface area is 160 Å². The SMILES string of the molecule is CCOC(=O)CCc1ccc(C(=O)c2ccc(C#N)cc2)n1CCC(C)C. The van der Waals surface area contributed by atoms with Crippen molar-refractivity contribution in [2.45, 2.75) is 46.6 Å². The van der Waals surface area contributed by atoms with Crippen LogP contribution in [0.15, 0.2) is 36.4 Å². The van der Waals surface area contributed by atoms with E-state index in [0.717, 1.165) is 18.7 Å². The molecule has 2 rings (SSSR count). The van der Waals surface area contributed by atoms with Crippen LogP contribution in [0.2, 0.25) is 0 Å². The van der Waals surface area contributed by atoms with E-state index in [1.807, 2.05) is 16.7 Å². The summed E-state index contributed by atoms with van der Waals surface area (Å²) in [5.41, 5.74) is 2.65. The van der Waals surface area contributed by atoms with Gasteiger partial charge in [0.05, 0.1) is 30.4 Å². The van der Waals surface area contributed by atoms with E-state index < -0.39 is 0 Å². The minimum atomic E-state index is -0.228. The highest BCUT2D eigenvalue weighted by molar-refractivity contribution is 6.08. The largest absolute Gasteiger partial charge is 0.466 e. The van der Waals surface area contributed by atoms with Crippen molar-refractivity contribution in [2.24, 2.45) is 5.92 Å². The minimum Gasteiger partial charge on any atom is -0.466 e. The van der Waals surface area contributed by atoms with Crippen LogP contribution in [-0.4, -0.2) is 22.9 Å². The third kappa shape index (κ3) is 5.55. The molecule has 0 saturated carbocycles. The molecule has 0 fully saturated rings. The smallest absolute Gasteiger partial charge is 0.306 e. The molecule has 0 spiro atoms. The van der Waals surface area contributed by atoms with E-state index in [0.29, 0.717) is 42.2 Å². The van der Waals surface area contributed by atoms with Crippen molar-refractivity contribution < 1.29 is 14.3 Å². The molecule has 0 N–H and O–H groups in total. The second-order valence-corrected chi connectivity index (χ2v) is 6.87. The Balaban J connectivity index is 2.26. The van der Waals surface area contributed by atoms with Gasteiger partial charge in [0, 0.05) is 17.8 Å². The van der Waals surface area contributed by atoms with Crippen LogP contribution in [-0.2, 0) is 22.5 Å². The van der Waals surface area contributed by atoms with Gasteiger partial charge in [0.15, 0.2) is 0 Å². The number of carbonyl (C=O) groups excluding carboxylic acids is 2. The number of nitriles is 1. The molecule has 1 heterocycles. The third-order valence-electron chi connectivity index (χ3n) is 4.40. The topological polar surface area (TPSA) is 72.1 Å². The van der Waals surface area contributed by atoms with Crippen LogP contribution in [0.4, 0.5) is 0 Å². The summed E-state index contributed by atoms with van der Waals surface area (Å²) in [6.45, 7) is 7.17. The van der Waals surface area contributed by atoms with Crippen molar-refractivity contribution in [2.75, 3.05) is 6.61 Å². The van der Waals surface area contributed by atoms with Crippen LogP contribution < -0.4 is 0 Å². The van der Waals surface area contributed by atoms with Gasteiger partial charge in [-0.1, -0.05) is 13.8 Å². The van der Waals surface area contributed by atoms with Crippen LogP contribution in [0.1, 0.15) is 60.9 Å². The highest BCUT2D eigenvalue weighted by atomic mass is 16.5. The van der Waals surface area contributed by atoms with Crippen molar-refractivity contribution in [1.82, 2.24) is 4.57 Å². The lowest BCUT2D eigenvalue weighted by atomic mass is 10.1. The summed E-state index contributed by atoms with van der Waals surface area (Å²) in [6.07, 6.45) is 1.77. The lowest BCUT2D eigenvalue weighted by Gasteiger charge is -2.14. The minimum absolute atomic E-state index is 0.0781. The van der Waals surface area contributed by atoms with Gasteiger partial charge in [-0.25, -0.2) is 0 Å². The summed E-state index contributed by atoms with van der Waals surface area (Å²) in [5, 5.41) is 8.92. The zero-order valence-corrected chi connectivity index (χ0v) is 16.2. The molecule has 5 heteroatoms. The first-order valence-electron chi connectivity index (χ1n) is 9.35. The third-order valence-corrected chi connectivity index (χ3v) is 4.40. The zero-order valence-electron chi connectivity index (χ0n) is 16.2. The van der Waals surface area contributed by atoms with E-state index >= 15 is 0 Å². The molecule has 0 atom stereocenters. The van der Waals surface area contributed by atoms with Crippen LogP contribution in [0.5, 0.6) is 0 Å². The molecule has 0 bridgehead atoms. The van der Waals surface area contributed by atoms with Gasteiger partial charge in [-0.15, -0.1) is 0 Å². The van der Waals surface area contributed by atoms with Crippen LogP contribution in [0.25, 0.3) is 0 Å². The van der Waals surface area contributed by atoms with E-state index in [1.165, 1.54) is 0 Å². The van der Waals surface area contributed by atoms with E-state index in [1.54, 1.807) is 31.2 Å². The molecular formula is C22H26N2O3. The van der Waals surface area contributed by atoms with Gasteiger partial charge in [-0.05, 0) is 62.1 Å². The monoisotopic (exact) mass is 366 g/mol. The fourth-order valence-corrected chi connectivity index (χ4v) is 2.89. The Bertz CT molecular complexity index is 826. The van der Waals surface area contributed by atoms with E-state index in [9.17, 15) is 9.59 Å². The average Bonchev–Trinajstić information content (AvgIpc) is 3.07. The lowest BCUT2D eigenvalue weighted by molar-refractivity contribution is -0.143. The van der Waals surface area contributed by atoms with Gasteiger partial charge in [-0.3, -0.25) is 9.59 Å². The molecular weight excluding hydrogens is 340 g/mol. The maximum absolute atomic E-state index is 13.0. The summed E-state index contributed by atoms with van der Waals surface area (Å²) in [7, 11) is 0. The molecule has 0 unspecified atom stereocenters. The van der Waals surface area contributed by atoms with Gasteiger partial charge in [0.25, 0.3) is 0 Å². The Hall–Kier alpha value is -2.87. The molecule has 0 aliphatic carbocycles. The predicted molar refractivity (Wildman–Crippen MR) is 103 cm³/mol. The first kappa shape index (κ1) is 20.4. The molecule has 5 nitrogen and oxygen atoms in total. The van der Waals surface area contributed by atoms with Gasteiger partial charge < -0.3 is 9.30 Å².